The molecule has 0 aliphatic carbocycles. The van der Waals surface area contributed by atoms with Crippen LogP contribution in [-0.2, 0) is 12.3 Å². The molecule has 0 radical (unpaired) electrons. The van der Waals surface area contributed by atoms with E-state index in [0.717, 1.165) is 16.9 Å². The Labute approximate surface area is 149 Å². The van der Waals surface area contributed by atoms with Crippen molar-refractivity contribution >= 4 is 11.8 Å². The molecule has 1 aliphatic rings. The standard InChI is InChI=1S/C19H18N2O3S/c1-24-15-9-7-13(8-10-15)11-20-17(22)16-12-25-18(21(16)19(20)23)14-5-3-2-4-6-14/h2-10,18,22H,11-12H2,1H3. The number of rotatable bonds is 4. The topological polar surface area (TPSA) is 56.4 Å². The molecular formula is C19H18N2O3S. The van der Waals surface area contributed by atoms with Crippen LogP contribution in [0, 0.1) is 0 Å². The first-order valence-electron chi connectivity index (χ1n) is 8.01. The van der Waals surface area contributed by atoms with Crippen molar-refractivity contribution in [2.45, 2.75) is 17.7 Å². The Hall–Kier alpha value is -2.60. The largest absolute Gasteiger partial charge is 0.497 e. The third-order valence-electron chi connectivity index (χ3n) is 4.44. The Bertz CT molecular complexity index is 945. The molecule has 1 N–H and O–H groups in total. The second-order valence-corrected chi connectivity index (χ2v) is 7.00. The highest BCUT2D eigenvalue weighted by atomic mass is 32.2. The van der Waals surface area contributed by atoms with Crippen LogP contribution in [0.25, 0.3) is 0 Å². The van der Waals surface area contributed by atoms with Gasteiger partial charge in [0, 0.05) is 5.75 Å². The van der Waals surface area contributed by atoms with Crippen LogP contribution in [0.2, 0.25) is 0 Å². The maximum absolute atomic E-state index is 12.9. The molecule has 128 valence electrons. The lowest BCUT2D eigenvalue weighted by Crippen LogP contribution is -2.26. The maximum atomic E-state index is 12.9. The minimum absolute atomic E-state index is 0.0618. The summed E-state index contributed by atoms with van der Waals surface area (Å²) in [6, 6.07) is 17.4. The van der Waals surface area contributed by atoms with E-state index in [2.05, 4.69) is 0 Å². The lowest BCUT2D eigenvalue weighted by atomic mass is 10.2. The van der Waals surface area contributed by atoms with Crippen LogP contribution in [0.5, 0.6) is 11.6 Å². The Balaban J connectivity index is 1.71. The average Bonchev–Trinajstić information content (AvgIpc) is 3.19. The summed E-state index contributed by atoms with van der Waals surface area (Å²) in [5.41, 5.74) is 2.51. The SMILES string of the molecule is COc1ccc(Cn2c(O)c3n(c2=O)C(c2ccccc2)SC3)cc1. The lowest BCUT2D eigenvalue weighted by molar-refractivity contribution is 0.413. The monoisotopic (exact) mass is 354 g/mol. The van der Waals surface area contributed by atoms with Gasteiger partial charge in [0.05, 0.1) is 19.3 Å². The smallest absolute Gasteiger partial charge is 0.332 e. The molecule has 0 bridgehead atoms. The molecule has 1 unspecified atom stereocenters. The number of thioether (sulfide) groups is 1. The van der Waals surface area contributed by atoms with E-state index < -0.39 is 0 Å². The summed E-state index contributed by atoms with van der Waals surface area (Å²) in [6.07, 6.45) is 0. The summed E-state index contributed by atoms with van der Waals surface area (Å²) < 4.78 is 8.30. The van der Waals surface area contributed by atoms with Crippen molar-refractivity contribution < 1.29 is 9.84 Å². The third-order valence-corrected chi connectivity index (χ3v) is 5.68. The lowest BCUT2D eigenvalue weighted by Gasteiger charge is -2.12. The van der Waals surface area contributed by atoms with Crippen molar-refractivity contribution in [3.05, 3.63) is 81.9 Å². The first kappa shape index (κ1) is 15.9. The van der Waals surface area contributed by atoms with Crippen LogP contribution in [0.1, 0.15) is 22.2 Å². The maximum Gasteiger partial charge on any atom is 0.332 e. The van der Waals surface area contributed by atoms with Crippen LogP contribution < -0.4 is 10.4 Å². The fourth-order valence-electron chi connectivity index (χ4n) is 3.13. The molecule has 0 spiro atoms. The minimum atomic E-state index is -0.179. The van der Waals surface area contributed by atoms with Gasteiger partial charge in [-0.1, -0.05) is 42.5 Å². The zero-order valence-corrected chi connectivity index (χ0v) is 14.6. The van der Waals surface area contributed by atoms with Gasteiger partial charge in [-0.05, 0) is 23.3 Å². The van der Waals surface area contributed by atoms with Crippen LogP contribution in [0.3, 0.4) is 0 Å². The molecule has 2 aromatic carbocycles. The van der Waals surface area contributed by atoms with E-state index in [9.17, 15) is 9.90 Å². The van der Waals surface area contributed by atoms with Gasteiger partial charge in [0.15, 0.2) is 0 Å². The molecule has 0 saturated carbocycles. The van der Waals surface area contributed by atoms with Gasteiger partial charge in [0.2, 0.25) is 5.88 Å². The van der Waals surface area contributed by atoms with E-state index in [1.165, 1.54) is 4.57 Å². The second-order valence-electron chi connectivity index (χ2n) is 5.93. The summed E-state index contributed by atoms with van der Waals surface area (Å²) in [4.78, 5) is 12.9. The molecule has 5 nitrogen and oxygen atoms in total. The number of methoxy groups -OCH3 is 1. The van der Waals surface area contributed by atoms with E-state index in [1.807, 2.05) is 54.6 Å². The van der Waals surface area contributed by atoms with Crippen molar-refractivity contribution in [1.82, 2.24) is 9.13 Å². The number of aromatic hydroxyl groups is 1. The second kappa shape index (κ2) is 6.37. The van der Waals surface area contributed by atoms with Crippen LogP contribution >= 0.6 is 11.8 Å². The average molecular weight is 354 g/mol. The highest BCUT2D eigenvalue weighted by Gasteiger charge is 2.32. The Kier molecular flexibility index (Phi) is 4.05. The van der Waals surface area contributed by atoms with Crippen molar-refractivity contribution in [2.24, 2.45) is 0 Å². The van der Waals surface area contributed by atoms with Crippen molar-refractivity contribution in [3.63, 3.8) is 0 Å². The van der Waals surface area contributed by atoms with Gasteiger partial charge in [-0.3, -0.25) is 9.13 Å². The van der Waals surface area contributed by atoms with Crippen LogP contribution in [0.15, 0.2) is 59.4 Å². The summed E-state index contributed by atoms with van der Waals surface area (Å²) in [6.45, 7) is 0.334. The first-order chi connectivity index (χ1) is 12.2. The quantitative estimate of drug-likeness (QED) is 0.782. The molecule has 4 rings (SSSR count). The van der Waals surface area contributed by atoms with Gasteiger partial charge in [0.25, 0.3) is 0 Å². The summed E-state index contributed by atoms with van der Waals surface area (Å²) >= 11 is 1.65. The number of imidazole rings is 1. The van der Waals surface area contributed by atoms with E-state index in [-0.39, 0.29) is 16.9 Å². The molecule has 3 aromatic rings. The zero-order chi connectivity index (χ0) is 17.4. The van der Waals surface area contributed by atoms with E-state index >= 15 is 0 Å². The molecule has 25 heavy (non-hydrogen) atoms. The Morgan fingerprint density at radius 3 is 2.56 bits per heavy atom. The normalized spacial score (nSPS) is 16.0. The third kappa shape index (κ3) is 2.72. The van der Waals surface area contributed by atoms with E-state index in [1.54, 1.807) is 23.4 Å². The van der Waals surface area contributed by atoms with E-state index in [0.29, 0.717) is 18.0 Å². The van der Waals surface area contributed by atoms with Gasteiger partial charge >= 0.3 is 5.69 Å². The fraction of sp³-hybridized carbons (Fsp3) is 0.211. The van der Waals surface area contributed by atoms with Gasteiger partial charge in [-0.2, -0.15) is 0 Å². The number of benzene rings is 2. The molecule has 0 fully saturated rings. The number of ether oxygens (including phenoxy) is 1. The highest BCUT2D eigenvalue weighted by molar-refractivity contribution is 7.99. The number of hydrogen-bond acceptors (Lipinski definition) is 4. The van der Waals surface area contributed by atoms with Crippen molar-refractivity contribution in [2.75, 3.05) is 7.11 Å². The number of hydrogen-bond donors (Lipinski definition) is 1. The predicted octanol–water partition coefficient (Wildman–Crippen LogP) is 3.21. The van der Waals surface area contributed by atoms with Gasteiger partial charge in [0.1, 0.15) is 11.1 Å². The minimum Gasteiger partial charge on any atom is -0.497 e. The van der Waals surface area contributed by atoms with Crippen molar-refractivity contribution in [1.29, 1.82) is 0 Å². The van der Waals surface area contributed by atoms with Crippen LogP contribution in [-0.4, -0.2) is 21.4 Å². The molecular weight excluding hydrogens is 336 g/mol. The first-order valence-corrected chi connectivity index (χ1v) is 9.06. The summed E-state index contributed by atoms with van der Waals surface area (Å²) in [5.74, 6) is 1.45. The molecule has 6 heteroatoms. The van der Waals surface area contributed by atoms with E-state index in [4.69, 9.17) is 4.74 Å². The molecule has 1 atom stereocenters. The predicted molar refractivity (Wildman–Crippen MR) is 98.3 cm³/mol. The molecule has 2 heterocycles. The van der Waals surface area contributed by atoms with Gasteiger partial charge in [-0.15, -0.1) is 11.8 Å². The Morgan fingerprint density at radius 2 is 1.88 bits per heavy atom. The molecule has 1 aromatic heterocycles. The van der Waals surface area contributed by atoms with Crippen LogP contribution in [0.4, 0.5) is 0 Å². The number of nitrogens with zero attached hydrogens (tertiary/aromatic N) is 2. The summed E-state index contributed by atoms with van der Waals surface area (Å²) in [5, 5.41) is 10.5. The Morgan fingerprint density at radius 1 is 1.16 bits per heavy atom. The van der Waals surface area contributed by atoms with Gasteiger partial charge in [-0.25, -0.2) is 4.79 Å². The highest BCUT2D eigenvalue weighted by Crippen LogP contribution is 2.42. The fourth-order valence-corrected chi connectivity index (χ4v) is 4.43. The molecule has 0 saturated heterocycles. The molecule has 1 aliphatic heterocycles. The number of fused-ring (bicyclic) bond motifs is 1. The molecule has 0 amide bonds. The summed E-state index contributed by atoms with van der Waals surface area (Å²) in [7, 11) is 1.62. The zero-order valence-electron chi connectivity index (χ0n) is 13.8. The van der Waals surface area contributed by atoms with Crippen molar-refractivity contribution in [3.8, 4) is 11.6 Å². The van der Waals surface area contributed by atoms with Gasteiger partial charge < -0.3 is 9.84 Å². The number of aromatic nitrogens is 2.